The number of hydrogen-bond donors (Lipinski definition) is 2. The minimum Gasteiger partial charge on any atom is -0.338 e. The standard InChI is InChI=1S/C21H14F2N4O/c22-15-6-7-17(16(23)12-15)27-21(28)14-8-10-24-19(11-14)26-18-5-1-3-13-4-2-9-25-20(13)18/h1-12H,(H,24,26)(H,27,28). The van der Waals surface area contributed by atoms with Crippen LogP contribution in [0.4, 0.5) is 26.0 Å². The second kappa shape index (κ2) is 7.40. The Morgan fingerprint density at radius 3 is 2.57 bits per heavy atom. The number of halogens is 2. The molecule has 0 unspecified atom stereocenters. The third kappa shape index (κ3) is 3.64. The van der Waals surface area contributed by atoms with Crippen molar-refractivity contribution in [1.29, 1.82) is 0 Å². The first-order valence-electron chi connectivity index (χ1n) is 8.43. The number of anilines is 3. The fraction of sp³-hybridized carbons (Fsp3) is 0. The maximum Gasteiger partial charge on any atom is 0.255 e. The molecule has 1 amide bonds. The van der Waals surface area contributed by atoms with Crippen molar-refractivity contribution < 1.29 is 13.6 Å². The van der Waals surface area contributed by atoms with Crippen LogP contribution in [0.3, 0.4) is 0 Å². The van der Waals surface area contributed by atoms with Crippen LogP contribution in [0.5, 0.6) is 0 Å². The molecule has 28 heavy (non-hydrogen) atoms. The fourth-order valence-electron chi connectivity index (χ4n) is 2.77. The number of carbonyl (C=O) groups is 1. The highest BCUT2D eigenvalue weighted by atomic mass is 19.1. The monoisotopic (exact) mass is 376 g/mol. The van der Waals surface area contributed by atoms with Crippen LogP contribution >= 0.6 is 0 Å². The van der Waals surface area contributed by atoms with Crippen molar-refractivity contribution >= 4 is 34.0 Å². The molecule has 0 atom stereocenters. The molecule has 2 heterocycles. The molecule has 0 saturated heterocycles. The normalized spacial score (nSPS) is 10.6. The van der Waals surface area contributed by atoms with E-state index < -0.39 is 17.5 Å². The van der Waals surface area contributed by atoms with E-state index in [1.165, 1.54) is 18.3 Å². The number of hydrogen-bond acceptors (Lipinski definition) is 4. The van der Waals surface area contributed by atoms with Gasteiger partial charge in [-0.25, -0.2) is 13.8 Å². The van der Waals surface area contributed by atoms with E-state index in [1.807, 2.05) is 30.3 Å². The van der Waals surface area contributed by atoms with E-state index in [0.29, 0.717) is 11.9 Å². The summed E-state index contributed by atoms with van der Waals surface area (Å²) in [5, 5.41) is 6.54. The summed E-state index contributed by atoms with van der Waals surface area (Å²) in [6.45, 7) is 0. The Labute approximate surface area is 159 Å². The zero-order valence-corrected chi connectivity index (χ0v) is 14.5. The molecule has 0 aliphatic rings. The van der Waals surface area contributed by atoms with Gasteiger partial charge in [0.05, 0.1) is 16.9 Å². The Morgan fingerprint density at radius 1 is 0.857 bits per heavy atom. The van der Waals surface area contributed by atoms with Crippen LogP contribution in [0.15, 0.2) is 73.1 Å². The van der Waals surface area contributed by atoms with Gasteiger partial charge in [-0.3, -0.25) is 9.78 Å². The fourth-order valence-corrected chi connectivity index (χ4v) is 2.77. The highest BCUT2D eigenvalue weighted by Gasteiger charge is 2.12. The molecule has 0 bridgehead atoms. The average molecular weight is 376 g/mol. The van der Waals surface area contributed by atoms with Gasteiger partial charge in [-0.15, -0.1) is 0 Å². The largest absolute Gasteiger partial charge is 0.338 e. The number of rotatable bonds is 4. The minimum absolute atomic E-state index is 0.101. The van der Waals surface area contributed by atoms with Gasteiger partial charge >= 0.3 is 0 Å². The van der Waals surface area contributed by atoms with E-state index >= 15 is 0 Å². The van der Waals surface area contributed by atoms with Gasteiger partial charge in [0, 0.05) is 29.4 Å². The first kappa shape index (κ1) is 17.5. The lowest BCUT2D eigenvalue weighted by molar-refractivity contribution is 0.102. The molecule has 0 fully saturated rings. The smallest absolute Gasteiger partial charge is 0.255 e. The van der Waals surface area contributed by atoms with E-state index in [1.54, 1.807) is 12.3 Å². The SMILES string of the molecule is O=C(Nc1ccc(F)cc1F)c1ccnc(Nc2cccc3cccnc23)c1. The molecule has 2 N–H and O–H groups in total. The molecule has 0 aliphatic carbocycles. The first-order chi connectivity index (χ1) is 13.6. The molecule has 4 rings (SSSR count). The van der Waals surface area contributed by atoms with E-state index in [2.05, 4.69) is 20.6 Å². The predicted molar refractivity (Wildman–Crippen MR) is 104 cm³/mol. The van der Waals surface area contributed by atoms with Gasteiger partial charge in [0.1, 0.15) is 17.5 Å². The van der Waals surface area contributed by atoms with Crippen LogP contribution in [-0.4, -0.2) is 15.9 Å². The van der Waals surface area contributed by atoms with Crippen LogP contribution in [-0.2, 0) is 0 Å². The quantitative estimate of drug-likeness (QED) is 0.531. The van der Waals surface area contributed by atoms with Gasteiger partial charge in [-0.1, -0.05) is 18.2 Å². The van der Waals surface area contributed by atoms with Gasteiger partial charge in [0.15, 0.2) is 0 Å². The van der Waals surface area contributed by atoms with Gasteiger partial charge in [0.25, 0.3) is 5.91 Å². The third-order valence-electron chi connectivity index (χ3n) is 4.10. The molecule has 0 aliphatic heterocycles. The number of amides is 1. The number of aromatic nitrogens is 2. The summed E-state index contributed by atoms with van der Waals surface area (Å²) in [4.78, 5) is 21.0. The Kier molecular flexibility index (Phi) is 4.63. The van der Waals surface area contributed by atoms with Gasteiger partial charge in [-0.2, -0.15) is 0 Å². The van der Waals surface area contributed by atoms with Crippen molar-refractivity contribution in [2.45, 2.75) is 0 Å². The number of nitrogens with one attached hydrogen (secondary N) is 2. The molecule has 0 radical (unpaired) electrons. The highest BCUT2D eigenvalue weighted by molar-refractivity contribution is 6.04. The number of pyridine rings is 2. The lowest BCUT2D eigenvalue weighted by Crippen LogP contribution is -2.13. The molecule has 7 heteroatoms. The van der Waals surface area contributed by atoms with Gasteiger partial charge in [0.2, 0.25) is 0 Å². The Morgan fingerprint density at radius 2 is 1.71 bits per heavy atom. The topological polar surface area (TPSA) is 66.9 Å². The Bertz CT molecular complexity index is 1170. The Balaban J connectivity index is 1.58. The number of fused-ring (bicyclic) bond motifs is 1. The summed E-state index contributed by atoms with van der Waals surface area (Å²) in [5.41, 5.74) is 1.69. The van der Waals surface area contributed by atoms with E-state index in [4.69, 9.17) is 0 Å². The average Bonchev–Trinajstić information content (AvgIpc) is 2.70. The third-order valence-corrected chi connectivity index (χ3v) is 4.10. The summed E-state index contributed by atoms with van der Waals surface area (Å²) in [6, 6.07) is 15.5. The second-order valence-corrected chi connectivity index (χ2v) is 6.01. The maximum absolute atomic E-state index is 13.8. The van der Waals surface area contributed by atoms with Crippen molar-refractivity contribution in [3.63, 3.8) is 0 Å². The van der Waals surface area contributed by atoms with Crippen molar-refractivity contribution in [2.75, 3.05) is 10.6 Å². The van der Waals surface area contributed by atoms with E-state index in [9.17, 15) is 13.6 Å². The molecule has 0 saturated carbocycles. The second-order valence-electron chi connectivity index (χ2n) is 6.01. The maximum atomic E-state index is 13.8. The molecular formula is C21H14F2N4O. The summed E-state index contributed by atoms with van der Waals surface area (Å²) < 4.78 is 26.8. The molecule has 2 aromatic carbocycles. The lowest BCUT2D eigenvalue weighted by Gasteiger charge is -2.10. The van der Waals surface area contributed by atoms with Crippen LogP contribution in [0, 0.1) is 11.6 Å². The molecule has 5 nitrogen and oxygen atoms in total. The van der Waals surface area contributed by atoms with Crippen LogP contribution < -0.4 is 10.6 Å². The van der Waals surface area contributed by atoms with Crippen LogP contribution in [0.1, 0.15) is 10.4 Å². The number of benzene rings is 2. The molecular weight excluding hydrogens is 362 g/mol. The van der Waals surface area contributed by atoms with Crippen molar-refractivity contribution in [3.8, 4) is 0 Å². The van der Waals surface area contributed by atoms with Crippen molar-refractivity contribution in [1.82, 2.24) is 9.97 Å². The van der Waals surface area contributed by atoms with Gasteiger partial charge < -0.3 is 10.6 Å². The molecule has 0 spiro atoms. The Hall–Kier alpha value is -3.87. The highest BCUT2D eigenvalue weighted by Crippen LogP contribution is 2.24. The summed E-state index contributed by atoms with van der Waals surface area (Å²) in [5.74, 6) is -1.66. The van der Waals surface area contributed by atoms with Gasteiger partial charge in [-0.05, 0) is 36.4 Å². The molecule has 2 aromatic heterocycles. The van der Waals surface area contributed by atoms with Crippen LogP contribution in [0.25, 0.3) is 10.9 Å². The molecule has 138 valence electrons. The van der Waals surface area contributed by atoms with Crippen molar-refractivity contribution in [3.05, 3.63) is 90.3 Å². The summed E-state index contributed by atoms with van der Waals surface area (Å²) in [7, 11) is 0. The number of nitrogens with zero attached hydrogens (tertiary/aromatic N) is 2. The number of para-hydroxylation sites is 1. The zero-order valence-electron chi connectivity index (χ0n) is 14.5. The zero-order chi connectivity index (χ0) is 19.5. The predicted octanol–water partition coefficient (Wildman–Crippen LogP) is 4.90. The lowest BCUT2D eigenvalue weighted by atomic mass is 10.2. The van der Waals surface area contributed by atoms with Crippen LogP contribution in [0.2, 0.25) is 0 Å². The number of carbonyl (C=O) groups excluding carboxylic acids is 1. The van der Waals surface area contributed by atoms with Crippen molar-refractivity contribution in [2.24, 2.45) is 0 Å². The van der Waals surface area contributed by atoms with E-state index in [0.717, 1.165) is 22.7 Å². The minimum atomic E-state index is -0.845. The molecule has 4 aromatic rings. The first-order valence-corrected chi connectivity index (χ1v) is 8.43. The summed E-state index contributed by atoms with van der Waals surface area (Å²) >= 11 is 0. The summed E-state index contributed by atoms with van der Waals surface area (Å²) in [6.07, 6.45) is 3.17. The van der Waals surface area contributed by atoms with E-state index in [-0.39, 0.29) is 11.3 Å².